The molecule has 1 amide bonds. The van der Waals surface area contributed by atoms with Crippen molar-refractivity contribution in [1.29, 1.82) is 0 Å². The maximum absolute atomic E-state index is 12.3. The second-order valence-electron chi connectivity index (χ2n) is 6.03. The van der Waals surface area contributed by atoms with E-state index in [9.17, 15) is 4.79 Å². The standard InChI is InChI=1S/C19H20N4O2S/c1-2-3-4-5-13-6-9-15(10-7-13)20-19(26)21-18(24)14-8-11-16-17(12-14)23-25-22-16/h6-12H,2-5H2,1H3,(H2,20,21,24,26). The summed E-state index contributed by atoms with van der Waals surface area (Å²) in [6.45, 7) is 2.20. The van der Waals surface area contributed by atoms with Crippen LogP contribution in [-0.2, 0) is 6.42 Å². The molecule has 26 heavy (non-hydrogen) atoms. The van der Waals surface area contributed by atoms with Crippen LogP contribution in [0.15, 0.2) is 47.1 Å². The van der Waals surface area contributed by atoms with E-state index in [1.54, 1.807) is 18.2 Å². The smallest absolute Gasteiger partial charge is 0.257 e. The molecule has 1 heterocycles. The van der Waals surface area contributed by atoms with Gasteiger partial charge in [-0.3, -0.25) is 10.1 Å². The van der Waals surface area contributed by atoms with E-state index in [4.69, 9.17) is 12.2 Å². The van der Waals surface area contributed by atoms with E-state index in [1.165, 1.54) is 24.8 Å². The Morgan fingerprint density at radius 2 is 1.85 bits per heavy atom. The molecule has 0 aliphatic carbocycles. The molecule has 6 nitrogen and oxygen atoms in total. The summed E-state index contributed by atoms with van der Waals surface area (Å²) in [5.41, 5.74) is 3.69. The van der Waals surface area contributed by atoms with Crippen LogP contribution in [-0.4, -0.2) is 21.3 Å². The third-order valence-corrected chi connectivity index (χ3v) is 4.23. The number of nitrogens with one attached hydrogen (secondary N) is 2. The van der Waals surface area contributed by atoms with E-state index in [0.29, 0.717) is 16.6 Å². The molecule has 3 aromatic rings. The van der Waals surface area contributed by atoms with Crippen LogP contribution in [0, 0.1) is 0 Å². The number of fused-ring (bicyclic) bond motifs is 1. The van der Waals surface area contributed by atoms with E-state index in [0.717, 1.165) is 12.1 Å². The van der Waals surface area contributed by atoms with Crippen molar-refractivity contribution in [1.82, 2.24) is 15.6 Å². The van der Waals surface area contributed by atoms with Crippen molar-refractivity contribution in [2.45, 2.75) is 32.6 Å². The number of unbranched alkanes of at least 4 members (excludes halogenated alkanes) is 2. The molecule has 0 bridgehead atoms. The van der Waals surface area contributed by atoms with Crippen molar-refractivity contribution in [3.8, 4) is 0 Å². The van der Waals surface area contributed by atoms with Crippen LogP contribution < -0.4 is 10.6 Å². The van der Waals surface area contributed by atoms with Gasteiger partial charge >= 0.3 is 0 Å². The first-order valence-electron chi connectivity index (χ1n) is 8.59. The molecule has 2 aromatic carbocycles. The largest absolute Gasteiger partial charge is 0.332 e. The summed E-state index contributed by atoms with van der Waals surface area (Å²) in [6, 6.07) is 13.0. The molecule has 0 aliphatic heterocycles. The predicted octanol–water partition coefficient (Wildman–Crippen LogP) is 4.08. The minimum absolute atomic E-state index is 0.243. The number of carbonyl (C=O) groups excluding carboxylic acids is 1. The second kappa shape index (κ2) is 8.53. The third-order valence-electron chi connectivity index (χ3n) is 4.02. The molecular weight excluding hydrogens is 348 g/mol. The number of hydrogen-bond acceptors (Lipinski definition) is 5. The van der Waals surface area contributed by atoms with E-state index in [2.05, 4.69) is 44.6 Å². The number of anilines is 1. The summed E-state index contributed by atoms with van der Waals surface area (Å²) >= 11 is 5.22. The fraction of sp³-hybridized carbons (Fsp3) is 0.263. The molecule has 0 spiro atoms. The van der Waals surface area contributed by atoms with Gasteiger partial charge in [0.1, 0.15) is 11.0 Å². The number of aryl methyl sites for hydroxylation is 1. The van der Waals surface area contributed by atoms with Crippen LogP contribution in [0.25, 0.3) is 11.0 Å². The number of rotatable bonds is 6. The highest BCUT2D eigenvalue weighted by atomic mass is 32.1. The van der Waals surface area contributed by atoms with Gasteiger partial charge < -0.3 is 5.32 Å². The van der Waals surface area contributed by atoms with E-state index in [-0.39, 0.29) is 11.0 Å². The average Bonchev–Trinajstić information content (AvgIpc) is 3.11. The third kappa shape index (κ3) is 4.64. The number of nitrogens with zero attached hydrogens (tertiary/aromatic N) is 2. The lowest BCUT2D eigenvalue weighted by Crippen LogP contribution is -2.34. The van der Waals surface area contributed by atoms with Gasteiger partial charge in [0.05, 0.1) is 0 Å². The SMILES string of the molecule is CCCCCc1ccc(NC(=S)NC(=O)c2ccc3nonc3c2)cc1. The summed E-state index contributed by atoms with van der Waals surface area (Å²) in [4.78, 5) is 12.3. The first kappa shape index (κ1) is 18.0. The Balaban J connectivity index is 1.55. The molecule has 0 saturated heterocycles. The summed E-state index contributed by atoms with van der Waals surface area (Å²) in [5.74, 6) is -0.316. The van der Waals surface area contributed by atoms with Gasteiger partial charge in [-0.1, -0.05) is 31.9 Å². The fourth-order valence-corrected chi connectivity index (χ4v) is 2.81. The first-order valence-corrected chi connectivity index (χ1v) is 9.00. The molecule has 0 saturated carbocycles. The van der Waals surface area contributed by atoms with E-state index < -0.39 is 0 Å². The normalized spacial score (nSPS) is 10.7. The number of aromatic nitrogens is 2. The van der Waals surface area contributed by atoms with Crippen molar-refractivity contribution < 1.29 is 9.42 Å². The van der Waals surface area contributed by atoms with Gasteiger partial charge in [0.15, 0.2) is 5.11 Å². The Kier molecular flexibility index (Phi) is 5.91. The molecule has 1 aromatic heterocycles. The van der Waals surface area contributed by atoms with Crippen molar-refractivity contribution in [2.75, 3.05) is 5.32 Å². The van der Waals surface area contributed by atoms with Gasteiger partial charge in [0, 0.05) is 11.3 Å². The van der Waals surface area contributed by atoms with Crippen LogP contribution in [0.4, 0.5) is 5.69 Å². The van der Waals surface area contributed by atoms with Crippen molar-refractivity contribution >= 4 is 40.0 Å². The minimum atomic E-state index is -0.316. The molecule has 3 rings (SSSR count). The van der Waals surface area contributed by atoms with Crippen molar-refractivity contribution in [2.24, 2.45) is 0 Å². The van der Waals surface area contributed by atoms with Gasteiger partial charge in [-0.05, 0) is 71.3 Å². The van der Waals surface area contributed by atoms with Gasteiger partial charge in [-0.25, -0.2) is 4.63 Å². The van der Waals surface area contributed by atoms with Gasteiger partial charge in [-0.15, -0.1) is 0 Å². The molecule has 0 fully saturated rings. The maximum atomic E-state index is 12.3. The van der Waals surface area contributed by atoms with Crippen LogP contribution in [0.5, 0.6) is 0 Å². The zero-order valence-corrected chi connectivity index (χ0v) is 15.3. The maximum Gasteiger partial charge on any atom is 0.257 e. The number of hydrogen-bond donors (Lipinski definition) is 2. The summed E-state index contributed by atoms with van der Waals surface area (Å²) in [5, 5.41) is 13.4. The van der Waals surface area contributed by atoms with Gasteiger partial charge in [0.2, 0.25) is 0 Å². The summed E-state index contributed by atoms with van der Waals surface area (Å²) in [6.07, 6.45) is 4.73. The highest BCUT2D eigenvalue weighted by Crippen LogP contribution is 2.13. The Hall–Kier alpha value is -2.80. The molecule has 2 N–H and O–H groups in total. The molecule has 0 atom stereocenters. The Bertz CT molecular complexity index is 905. The van der Waals surface area contributed by atoms with Gasteiger partial charge in [-0.2, -0.15) is 0 Å². The Labute approximate surface area is 156 Å². The molecule has 0 unspecified atom stereocenters. The monoisotopic (exact) mass is 368 g/mol. The molecule has 7 heteroatoms. The first-order chi connectivity index (χ1) is 12.7. The van der Waals surface area contributed by atoms with Crippen LogP contribution in [0.2, 0.25) is 0 Å². The highest BCUT2D eigenvalue weighted by molar-refractivity contribution is 7.80. The lowest BCUT2D eigenvalue weighted by molar-refractivity contribution is 0.0978. The Morgan fingerprint density at radius 1 is 1.08 bits per heavy atom. The van der Waals surface area contributed by atoms with E-state index in [1.807, 2.05) is 12.1 Å². The van der Waals surface area contributed by atoms with Crippen molar-refractivity contribution in [3.05, 3.63) is 53.6 Å². The Morgan fingerprint density at radius 3 is 2.62 bits per heavy atom. The van der Waals surface area contributed by atoms with Crippen LogP contribution in [0.1, 0.15) is 42.1 Å². The lowest BCUT2D eigenvalue weighted by atomic mass is 10.1. The topological polar surface area (TPSA) is 80.0 Å². The van der Waals surface area contributed by atoms with Crippen molar-refractivity contribution in [3.63, 3.8) is 0 Å². The molecule has 134 valence electrons. The zero-order valence-electron chi connectivity index (χ0n) is 14.5. The quantitative estimate of drug-likeness (QED) is 0.504. The summed E-state index contributed by atoms with van der Waals surface area (Å²) in [7, 11) is 0. The number of benzene rings is 2. The van der Waals surface area contributed by atoms with Gasteiger partial charge in [0.25, 0.3) is 5.91 Å². The zero-order chi connectivity index (χ0) is 18.4. The second-order valence-corrected chi connectivity index (χ2v) is 6.44. The molecule has 0 radical (unpaired) electrons. The van der Waals surface area contributed by atoms with Crippen LogP contribution in [0.3, 0.4) is 0 Å². The average molecular weight is 368 g/mol. The number of carbonyl (C=O) groups is 1. The van der Waals surface area contributed by atoms with E-state index >= 15 is 0 Å². The predicted molar refractivity (Wildman–Crippen MR) is 105 cm³/mol. The fourth-order valence-electron chi connectivity index (χ4n) is 2.59. The van der Waals surface area contributed by atoms with Crippen LogP contribution >= 0.6 is 12.2 Å². The number of amides is 1. The number of thiocarbonyl (C=S) groups is 1. The minimum Gasteiger partial charge on any atom is -0.332 e. The summed E-state index contributed by atoms with van der Waals surface area (Å²) < 4.78 is 4.63. The molecule has 0 aliphatic rings. The molecular formula is C19H20N4O2S. The highest BCUT2D eigenvalue weighted by Gasteiger charge is 2.10. The lowest BCUT2D eigenvalue weighted by Gasteiger charge is -2.10.